The highest BCUT2D eigenvalue weighted by molar-refractivity contribution is 5.89. The SMILES string of the molecule is COc1ccccc1CNC(=O)Nc1ccc(F)c(F)c1F. The quantitative estimate of drug-likeness (QED) is 0.850. The topological polar surface area (TPSA) is 50.4 Å². The van der Waals surface area contributed by atoms with Gasteiger partial charge < -0.3 is 15.4 Å². The first-order chi connectivity index (χ1) is 10.5. The summed E-state index contributed by atoms with van der Waals surface area (Å²) in [5.41, 5.74) is 0.266. The maximum absolute atomic E-state index is 13.4. The van der Waals surface area contributed by atoms with Crippen molar-refractivity contribution in [2.75, 3.05) is 12.4 Å². The first-order valence-corrected chi connectivity index (χ1v) is 6.33. The molecule has 0 aromatic heterocycles. The van der Waals surface area contributed by atoms with Gasteiger partial charge in [0.25, 0.3) is 0 Å². The van der Waals surface area contributed by atoms with Crippen LogP contribution in [-0.4, -0.2) is 13.1 Å². The average Bonchev–Trinajstić information content (AvgIpc) is 2.53. The number of halogens is 3. The molecule has 2 aromatic carbocycles. The van der Waals surface area contributed by atoms with Crippen molar-refractivity contribution in [2.45, 2.75) is 6.54 Å². The van der Waals surface area contributed by atoms with Gasteiger partial charge in [-0.2, -0.15) is 0 Å². The second-order valence-electron chi connectivity index (χ2n) is 4.34. The molecule has 0 bridgehead atoms. The van der Waals surface area contributed by atoms with E-state index in [-0.39, 0.29) is 6.54 Å². The van der Waals surface area contributed by atoms with E-state index in [1.54, 1.807) is 24.3 Å². The van der Waals surface area contributed by atoms with Crippen molar-refractivity contribution < 1.29 is 22.7 Å². The third kappa shape index (κ3) is 3.49. The zero-order valence-electron chi connectivity index (χ0n) is 11.6. The number of nitrogens with one attached hydrogen (secondary N) is 2. The van der Waals surface area contributed by atoms with E-state index >= 15 is 0 Å². The fourth-order valence-corrected chi connectivity index (χ4v) is 1.81. The van der Waals surface area contributed by atoms with Crippen molar-refractivity contribution in [3.05, 3.63) is 59.4 Å². The summed E-state index contributed by atoms with van der Waals surface area (Å²) < 4.78 is 44.4. The fraction of sp³-hybridized carbons (Fsp3) is 0.133. The molecule has 7 heteroatoms. The minimum absolute atomic E-state index is 0.126. The lowest BCUT2D eigenvalue weighted by Gasteiger charge is -2.11. The van der Waals surface area contributed by atoms with Crippen molar-refractivity contribution >= 4 is 11.7 Å². The van der Waals surface area contributed by atoms with Gasteiger partial charge in [0.15, 0.2) is 17.5 Å². The lowest BCUT2D eigenvalue weighted by Crippen LogP contribution is -2.28. The molecule has 0 radical (unpaired) electrons. The maximum Gasteiger partial charge on any atom is 0.319 e. The maximum atomic E-state index is 13.4. The molecule has 0 atom stereocenters. The number of methoxy groups -OCH3 is 1. The Balaban J connectivity index is 2.01. The summed E-state index contributed by atoms with van der Waals surface area (Å²) in [5, 5.41) is 4.58. The number of benzene rings is 2. The van der Waals surface area contributed by atoms with Crippen LogP contribution in [0.15, 0.2) is 36.4 Å². The molecular formula is C15H13F3N2O2. The predicted octanol–water partition coefficient (Wildman–Crippen LogP) is 3.43. The third-order valence-corrected chi connectivity index (χ3v) is 2.92. The molecule has 0 heterocycles. The van der Waals surface area contributed by atoms with Crippen LogP contribution in [0.4, 0.5) is 23.7 Å². The Labute approximate surface area is 124 Å². The first-order valence-electron chi connectivity index (χ1n) is 6.33. The van der Waals surface area contributed by atoms with Gasteiger partial charge in [0.2, 0.25) is 0 Å². The molecule has 0 aliphatic rings. The van der Waals surface area contributed by atoms with Gasteiger partial charge in [-0.05, 0) is 18.2 Å². The number of ether oxygens (including phenoxy) is 1. The van der Waals surface area contributed by atoms with Crippen molar-refractivity contribution in [3.63, 3.8) is 0 Å². The van der Waals surface area contributed by atoms with Crippen molar-refractivity contribution in [1.82, 2.24) is 5.32 Å². The number of hydrogen-bond donors (Lipinski definition) is 2. The molecule has 2 amide bonds. The lowest BCUT2D eigenvalue weighted by molar-refractivity contribution is 0.251. The second kappa shape index (κ2) is 6.84. The Kier molecular flexibility index (Phi) is 4.88. The lowest BCUT2D eigenvalue weighted by atomic mass is 10.2. The van der Waals surface area contributed by atoms with Crippen LogP contribution in [-0.2, 0) is 6.54 Å². The van der Waals surface area contributed by atoms with Gasteiger partial charge in [0.05, 0.1) is 12.8 Å². The Hall–Kier alpha value is -2.70. The summed E-state index contributed by atoms with van der Waals surface area (Å²) >= 11 is 0. The van der Waals surface area contributed by atoms with Crippen LogP contribution >= 0.6 is 0 Å². The first kappa shape index (κ1) is 15.7. The summed E-state index contributed by atoms with van der Waals surface area (Å²) in [4.78, 5) is 11.7. The molecule has 0 unspecified atom stereocenters. The van der Waals surface area contributed by atoms with Crippen LogP contribution in [0.2, 0.25) is 0 Å². The van der Waals surface area contributed by atoms with Gasteiger partial charge >= 0.3 is 6.03 Å². The largest absolute Gasteiger partial charge is 0.496 e. The summed E-state index contributed by atoms with van der Waals surface area (Å²) in [5.74, 6) is -3.82. The average molecular weight is 310 g/mol. The van der Waals surface area contributed by atoms with Crippen LogP contribution in [0.3, 0.4) is 0 Å². The smallest absolute Gasteiger partial charge is 0.319 e. The van der Waals surface area contributed by atoms with Crippen LogP contribution in [0.5, 0.6) is 5.75 Å². The number of urea groups is 1. The van der Waals surface area contributed by atoms with Crippen molar-refractivity contribution in [1.29, 1.82) is 0 Å². The molecule has 22 heavy (non-hydrogen) atoms. The van der Waals surface area contributed by atoms with E-state index in [0.717, 1.165) is 12.1 Å². The molecule has 2 aromatic rings. The number of hydrogen-bond acceptors (Lipinski definition) is 2. The molecule has 0 spiro atoms. The Morgan fingerprint density at radius 2 is 1.82 bits per heavy atom. The number of carbonyl (C=O) groups excluding carboxylic acids is 1. The highest BCUT2D eigenvalue weighted by Crippen LogP contribution is 2.20. The van der Waals surface area contributed by atoms with Crippen LogP contribution in [0.1, 0.15) is 5.56 Å². The summed E-state index contributed by atoms with van der Waals surface area (Å²) in [7, 11) is 1.50. The van der Waals surface area contributed by atoms with Crippen molar-refractivity contribution in [2.24, 2.45) is 0 Å². The Morgan fingerprint density at radius 3 is 2.55 bits per heavy atom. The van der Waals surface area contributed by atoms with Gasteiger partial charge in [-0.3, -0.25) is 0 Å². The zero-order valence-corrected chi connectivity index (χ0v) is 11.6. The molecule has 0 aliphatic carbocycles. The van der Waals surface area contributed by atoms with E-state index in [1.807, 2.05) is 0 Å². The number of amides is 2. The normalized spacial score (nSPS) is 10.2. The van der Waals surface area contributed by atoms with E-state index < -0.39 is 29.2 Å². The van der Waals surface area contributed by atoms with Gasteiger partial charge in [0.1, 0.15) is 5.75 Å². The summed E-state index contributed by atoms with van der Waals surface area (Å²) in [6.45, 7) is 0.126. The standard InChI is InChI=1S/C15H13F3N2O2/c1-22-12-5-3-2-4-9(12)8-19-15(21)20-11-7-6-10(16)13(17)14(11)18/h2-7H,8H2,1H3,(H2,19,20,21). The van der Waals surface area contributed by atoms with Crippen LogP contribution < -0.4 is 15.4 Å². The highest BCUT2D eigenvalue weighted by Gasteiger charge is 2.15. The number of carbonyl (C=O) groups is 1. The van der Waals surface area contributed by atoms with E-state index in [4.69, 9.17) is 4.74 Å². The monoisotopic (exact) mass is 310 g/mol. The minimum atomic E-state index is -1.64. The zero-order chi connectivity index (χ0) is 16.1. The Bertz CT molecular complexity index is 692. The summed E-state index contributed by atoms with van der Waals surface area (Å²) in [6.07, 6.45) is 0. The molecule has 116 valence electrons. The fourth-order valence-electron chi connectivity index (χ4n) is 1.81. The van der Waals surface area contributed by atoms with Gasteiger partial charge in [0, 0.05) is 12.1 Å². The molecule has 0 fully saturated rings. The van der Waals surface area contributed by atoms with Crippen LogP contribution in [0.25, 0.3) is 0 Å². The molecule has 0 saturated carbocycles. The Morgan fingerprint density at radius 1 is 1.09 bits per heavy atom. The second-order valence-corrected chi connectivity index (χ2v) is 4.34. The molecule has 2 rings (SSSR count). The number of anilines is 1. The number of rotatable bonds is 4. The third-order valence-electron chi connectivity index (χ3n) is 2.92. The van der Waals surface area contributed by atoms with Gasteiger partial charge in [-0.1, -0.05) is 18.2 Å². The number of para-hydroxylation sites is 1. The van der Waals surface area contributed by atoms with E-state index in [9.17, 15) is 18.0 Å². The molecule has 0 saturated heterocycles. The van der Waals surface area contributed by atoms with Gasteiger partial charge in [-0.15, -0.1) is 0 Å². The molecule has 0 aliphatic heterocycles. The highest BCUT2D eigenvalue weighted by atomic mass is 19.2. The predicted molar refractivity (Wildman–Crippen MR) is 75.2 cm³/mol. The molecular weight excluding hydrogens is 297 g/mol. The molecule has 4 nitrogen and oxygen atoms in total. The van der Waals surface area contributed by atoms with Gasteiger partial charge in [-0.25, -0.2) is 18.0 Å². The van der Waals surface area contributed by atoms with Crippen molar-refractivity contribution in [3.8, 4) is 5.75 Å². The van der Waals surface area contributed by atoms with E-state index in [0.29, 0.717) is 11.3 Å². The minimum Gasteiger partial charge on any atom is -0.496 e. The van der Waals surface area contributed by atoms with E-state index in [1.165, 1.54) is 7.11 Å². The van der Waals surface area contributed by atoms with Crippen LogP contribution in [0, 0.1) is 17.5 Å². The van der Waals surface area contributed by atoms with E-state index in [2.05, 4.69) is 10.6 Å². The summed E-state index contributed by atoms with van der Waals surface area (Å²) in [6, 6.07) is 7.94. The molecule has 2 N–H and O–H groups in total.